The molecule has 0 saturated carbocycles. The molecule has 1 heterocycles. The molecule has 2 aromatic rings. The van der Waals surface area contributed by atoms with E-state index in [1.54, 1.807) is 23.5 Å². The van der Waals surface area contributed by atoms with Crippen LogP contribution in [-0.2, 0) is 0 Å². The molecule has 0 unspecified atom stereocenters. The van der Waals surface area contributed by atoms with Crippen LogP contribution < -0.4 is 0 Å². The van der Waals surface area contributed by atoms with Crippen LogP contribution in [-0.4, -0.2) is 59.3 Å². The second kappa shape index (κ2) is 24.8. The standard InChI is InChI=1S/C48H66N2O2S2/c1-37(2)17-13-19-39(5)21-15-23-41(7)29-35-53-45-27-11-9-25-43(45)47(51)49-31-33-50(34-32-49)48(52)44-26-10-12-28-46(44)54-36-30-42(8)24-16-22-40(6)20-14-18-38(3)4/h9-12,17-18,21-22,25-30H,13-16,19-20,23-24,31-36H2,1-8H3/b39-21+,40-22+,41-29+,42-30+. The van der Waals surface area contributed by atoms with Crippen LogP contribution in [0.4, 0.5) is 0 Å². The normalized spacial score (nSPS) is 14.3. The molecular formula is C48H66N2O2S2. The van der Waals surface area contributed by atoms with E-state index < -0.39 is 0 Å². The fourth-order valence-corrected chi connectivity index (χ4v) is 8.28. The number of piperazine rings is 1. The minimum absolute atomic E-state index is 0.0483. The topological polar surface area (TPSA) is 40.6 Å². The fraction of sp³-hybridized carbons (Fsp3) is 0.458. The van der Waals surface area contributed by atoms with E-state index in [1.807, 2.05) is 46.2 Å². The van der Waals surface area contributed by atoms with Gasteiger partial charge in [0, 0.05) is 47.5 Å². The molecule has 0 N–H and O–H groups in total. The van der Waals surface area contributed by atoms with E-state index in [4.69, 9.17) is 0 Å². The molecule has 4 nitrogen and oxygen atoms in total. The fourth-order valence-electron chi connectivity index (χ4n) is 6.22. The quantitative estimate of drug-likeness (QED) is 0.0994. The molecule has 0 spiro atoms. The van der Waals surface area contributed by atoms with Gasteiger partial charge in [-0.1, -0.05) is 94.2 Å². The Bertz CT molecular complexity index is 1570. The van der Waals surface area contributed by atoms with Crippen LogP contribution in [0.5, 0.6) is 0 Å². The van der Waals surface area contributed by atoms with Crippen LogP contribution in [0.15, 0.2) is 128 Å². The monoisotopic (exact) mass is 766 g/mol. The van der Waals surface area contributed by atoms with E-state index in [1.165, 1.54) is 33.4 Å². The summed E-state index contributed by atoms with van der Waals surface area (Å²) in [5.74, 6) is 1.77. The Morgan fingerprint density at radius 1 is 0.481 bits per heavy atom. The van der Waals surface area contributed by atoms with Crippen molar-refractivity contribution in [2.45, 2.75) is 117 Å². The number of thioether (sulfide) groups is 2. The molecule has 1 aliphatic rings. The first-order valence-electron chi connectivity index (χ1n) is 19.9. The van der Waals surface area contributed by atoms with Crippen LogP contribution >= 0.6 is 23.5 Å². The van der Waals surface area contributed by atoms with Gasteiger partial charge in [0.1, 0.15) is 0 Å². The minimum atomic E-state index is 0.0483. The van der Waals surface area contributed by atoms with Gasteiger partial charge in [-0.05, 0) is 131 Å². The average molecular weight is 767 g/mol. The first kappa shape index (κ1) is 44.9. The Morgan fingerprint density at radius 3 is 1.15 bits per heavy atom. The Morgan fingerprint density at radius 2 is 0.796 bits per heavy atom. The minimum Gasteiger partial charge on any atom is -0.335 e. The smallest absolute Gasteiger partial charge is 0.255 e. The van der Waals surface area contributed by atoms with Crippen LogP contribution in [0.3, 0.4) is 0 Å². The molecule has 0 radical (unpaired) electrons. The summed E-state index contributed by atoms with van der Waals surface area (Å²) in [5, 5.41) is 0. The number of allylic oxidation sites excluding steroid dienone is 10. The molecule has 0 bridgehead atoms. The van der Waals surface area contributed by atoms with Gasteiger partial charge < -0.3 is 9.80 Å². The van der Waals surface area contributed by atoms with Gasteiger partial charge in [0.05, 0.1) is 11.1 Å². The molecule has 1 saturated heterocycles. The van der Waals surface area contributed by atoms with Crippen LogP contribution in [0.1, 0.15) is 127 Å². The third-order valence-electron chi connectivity index (χ3n) is 9.68. The number of carbonyl (C=O) groups is 2. The highest BCUT2D eigenvalue weighted by Gasteiger charge is 2.27. The molecule has 3 rings (SSSR count). The number of hydrogen-bond acceptors (Lipinski definition) is 4. The number of carbonyl (C=O) groups excluding carboxylic acids is 2. The number of amides is 2. The van der Waals surface area contributed by atoms with Gasteiger partial charge in [0.25, 0.3) is 11.8 Å². The summed E-state index contributed by atoms with van der Waals surface area (Å²) >= 11 is 3.44. The lowest BCUT2D eigenvalue weighted by Gasteiger charge is -2.35. The van der Waals surface area contributed by atoms with Crippen LogP contribution in [0, 0.1) is 0 Å². The second-order valence-electron chi connectivity index (χ2n) is 15.1. The van der Waals surface area contributed by atoms with Crippen molar-refractivity contribution in [2.75, 3.05) is 37.7 Å². The van der Waals surface area contributed by atoms with Crippen molar-refractivity contribution in [1.29, 1.82) is 0 Å². The van der Waals surface area contributed by atoms with Crippen molar-refractivity contribution in [3.8, 4) is 0 Å². The first-order valence-corrected chi connectivity index (χ1v) is 21.8. The summed E-state index contributed by atoms with van der Waals surface area (Å²) in [5.41, 5.74) is 9.95. The predicted molar refractivity (Wildman–Crippen MR) is 237 cm³/mol. The van der Waals surface area contributed by atoms with Gasteiger partial charge in [-0.25, -0.2) is 0 Å². The second-order valence-corrected chi connectivity index (χ2v) is 17.2. The summed E-state index contributed by atoms with van der Waals surface area (Å²) in [4.78, 5) is 33.3. The highest BCUT2D eigenvalue weighted by Crippen LogP contribution is 2.27. The van der Waals surface area contributed by atoms with E-state index in [9.17, 15) is 9.59 Å². The van der Waals surface area contributed by atoms with Gasteiger partial charge in [-0.15, -0.1) is 23.5 Å². The lowest BCUT2D eigenvalue weighted by molar-refractivity contribution is 0.0531. The van der Waals surface area contributed by atoms with Gasteiger partial charge >= 0.3 is 0 Å². The largest absolute Gasteiger partial charge is 0.335 e. The summed E-state index contributed by atoms with van der Waals surface area (Å²) in [6, 6.07) is 15.9. The van der Waals surface area contributed by atoms with Crippen molar-refractivity contribution in [1.82, 2.24) is 9.80 Å². The molecule has 1 aliphatic heterocycles. The Hall–Kier alpha value is -3.48. The van der Waals surface area contributed by atoms with Crippen LogP contribution in [0.25, 0.3) is 0 Å². The van der Waals surface area contributed by atoms with Crippen LogP contribution in [0.2, 0.25) is 0 Å². The molecular weight excluding hydrogens is 701 g/mol. The first-order chi connectivity index (χ1) is 25.9. The lowest BCUT2D eigenvalue weighted by Crippen LogP contribution is -2.50. The Balaban J connectivity index is 1.48. The Labute approximate surface area is 337 Å². The SMILES string of the molecule is CC(C)=CCC/C(C)=C/CC/C(C)=C/CSc1ccccc1C(=O)N1CCN(C(=O)c2ccccc2SC/C=C(\C)CC/C=C(\C)CCC=C(C)C)CC1. The highest BCUT2D eigenvalue weighted by atomic mass is 32.2. The number of nitrogens with zero attached hydrogens (tertiary/aromatic N) is 2. The van der Waals surface area contributed by atoms with E-state index in [0.29, 0.717) is 26.2 Å². The van der Waals surface area contributed by atoms with Crippen molar-refractivity contribution in [3.05, 3.63) is 130 Å². The summed E-state index contributed by atoms with van der Waals surface area (Å²) in [6.45, 7) is 19.6. The summed E-state index contributed by atoms with van der Waals surface area (Å²) in [6.07, 6.45) is 22.7. The molecule has 0 aliphatic carbocycles. The average Bonchev–Trinajstić information content (AvgIpc) is 3.14. The zero-order valence-electron chi connectivity index (χ0n) is 34.5. The van der Waals surface area contributed by atoms with Crippen molar-refractivity contribution >= 4 is 35.3 Å². The molecule has 292 valence electrons. The summed E-state index contributed by atoms with van der Waals surface area (Å²) < 4.78 is 0. The molecule has 0 atom stereocenters. The maximum absolute atomic E-state index is 13.7. The third-order valence-corrected chi connectivity index (χ3v) is 11.7. The van der Waals surface area contributed by atoms with Gasteiger partial charge in [0.2, 0.25) is 0 Å². The molecule has 1 fully saturated rings. The van der Waals surface area contributed by atoms with E-state index in [-0.39, 0.29) is 11.8 Å². The van der Waals surface area contributed by atoms with E-state index >= 15 is 0 Å². The Kier molecular flexibility index (Phi) is 20.7. The molecule has 6 heteroatoms. The number of hydrogen-bond donors (Lipinski definition) is 0. The lowest BCUT2D eigenvalue weighted by atomic mass is 10.1. The van der Waals surface area contributed by atoms with Crippen molar-refractivity contribution in [2.24, 2.45) is 0 Å². The maximum atomic E-state index is 13.7. The zero-order chi connectivity index (χ0) is 39.3. The van der Waals surface area contributed by atoms with E-state index in [2.05, 4.69) is 104 Å². The zero-order valence-corrected chi connectivity index (χ0v) is 36.1. The van der Waals surface area contributed by atoms with Gasteiger partial charge in [-0.2, -0.15) is 0 Å². The molecule has 54 heavy (non-hydrogen) atoms. The molecule has 2 aromatic carbocycles. The summed E-state index contributed by atoms with van der Waals surface area (Å²) in [7, 11) is 0. The molecule has 0 aromatic heterocycles. The van der Waals surface area contributed by atoms with Gasteiger partial charge in [0.15, 0.2) is 0 Å². The predicted octanol–water partition coefficient (Wildman–Crippen LogP) is 13.3. The third kappa shape index (κ3) is 16.9. The maximum Gasteiger partial charge on any atom is 0.255 e. The van der Waals surface area contributed by atoms with E-state index in [0.717, 1.165) is 83.8 Å². The highest BCUT2D eigenvalue weighted by molar-refractivity contribution is 7.99. The van der Waals surface area contributed by atoms with Crippen molar-refractivity contribution in [3.63, 3.8) is 0 Å². The van der Waals surface area contributed by atoms with Crippen molar-refractivity contribution < 1.29 is 9.59 Å². The number of rotatable bonds is 20. The number of benzene rings is 2. The molecule has 2 amide bonds. The van der Waals surface area contributed by atoms with Gasteiger partial charge in [-0.3, -0.25) is 9.59 Å².